The van der Waals surface area contributed by atoms with Gasteiger partial charge >= 0.3 is 0 Å². The van der Waals surface area contributed by atoms with Gasteiger partial charge < -0.3 is 4.40 Å². The second kappa shape index (κ2) is 2.20. The van der Waals surface area contributed by atoms with Gasteiger partial charge in [0.25, 0.3) is 5.56 Å². The Morgan fingerprint density at radius 3 is 3.00 bits per heavy atom. The molecule has 0 atom stereocenters. The molecule has 11 heavy (non-hydrogen) atoms. The first kappa shape index (κ1) is 6.09. The molecule has 0 saturated carbocycles. The van der Waals surface area contributed by atoms with Crippen molar-refractivity contribution in [3.63, 3.8) is 0 Å². The predicted molar refractivity (Wildman–Crippen MR) is 41.5 cm³/mol. The minimum absolute atomic E-state index is 0.194. The fraction of sp³-hybridized carbons (Fsp3) is 0. The Morgan fingerprint density at radius 2 is 2.09 bits per heavy atom. The molecule has 0 unspecified atom stereocenters. The SMILES string of the molecule is O=c1ncccn2cccc12. The van der Waals surface area contributed by atoms with E-state index in [2.05, 4.69) is 4.98 Å². The first-order valence-corrected chi connectivity index (χ1v) is 3.30. The molecule has 0 aromatic carbocycles. The monoisotopic (exact) mass is 146 g/mol. The van der Waals surface area contributed by atoms with Crippen molar-refractivity contribution in [2.75, 3.05) is 0 Å². The number of nitrogens with zero attached hydrogens (tertiary/aromatic N) is 2. The van der Waals surface area contributed by atoms with Gasteiger partial charge in [0.1, 0.15) is 5.52 Å². The van der Waals surface area contributed by atoms with E-state index in [4.69, 9.17) is 0 Å². The molecular weight excluding hydrogens is 140 g/mol. The minimum Gasteiger partial charge on any atom is -0.319 e. The quantitative estimate of drug-likeness (QED) is 0.548. The van der Waals surface area contributed by atoms with Gasteiger partial charge in [-0.25, -0.2) is 4.98 Å². The fourth-order valence-electron chi connectivity index (χ4n) is 1.01. The number of fused-ring (bicyclic) bond motifs is 1. The molecule has 0 fully saturated rings. The molecule has 2 aromatic rings. The van der Waals surface area contributed by atoms with Gasteiger partial charge in [-0.2, -0.15) is 0 Å². The van der Waals surface area contributed by atoms with Gasteiger partial charge in [-0.05, 0) is 18.2 Å². The highest BCUT2D eigenvalue weighted by atomic mass is 16.1. The van der Waals surface area contributed by atoms with E-state index >= 15 is 0 Å². The van der Waals surface area contributed by atoms with Crippen molar-refractivity contribution < 1.29 is 0 Å². The summed E-state index contributed by atoms with van der Waals surface area (Å²) in [7, 11) is 0. The predicted octanol–water partition coefficient (Wildman–Crippen LogP) is 0.695. The lowest BCUT2D eigenvalue weighted by molar-refractivity contribution is 1.20. The van der Waals surface area contributed by atoms with E-state index in [0.717, 1.165) is 0 Å². The number of aromatic nitrogens is 2. The molecule has 3 nitrogen and oxygen atoms in total. The second-order valence-corrected chi connectivity index (χ2v) is 2.23. The molecule has 0 saturated heterocycles. The summed E-state index contributed by atoms with van der Waals surface area (Å²) in [5.74, 6) is 0. The molecule has 54 valence electrons. The van der Waals surface area contributed by atoms with E-state index < -0.39 is 0 Å². The summed E-state index contributed by atoms with van der Waals surface area (Å²) in [6.07, 6.45) is 5.11. The zero-order chi connectivity index (χ0) is 7.68. The van der Waals surface area contributed by atoms with Crippen molar-refractivity contribution in [2.45, 2.75) is 0 Å². The van der Waals surface area contributed by atoms with Gasteiger partial charge in [-0.1, -0.05) is 0 Å². The topological polar surface area (TPSA) is 34.4 Å². The van der Waals surface area contributed by atoms with Crippen molar-refractivity contribution in [1.29, 1.82) is 0 Å². The maximum Gasteiger partial charge on any atom is 0.293 e. The Labute approximate surface area is 62.9 Å². The summed E-state index contributed by atoms with van der Waals surface area (Å²) >= 11 is 0. The largest absolute Gasteiger partial charge is 0.319 e. The highest BCUT2D eigenvalue weighted by Gasteiger charge is 1.92. The molecule has 3 heteroatoms. The molecule has 2 rings (SSSR count). The van der Waals surface area contributed by atoms with E-state index in [1.165, 1.54) is 6.20 Å². The number of hydrogen-bond donors (Lipinski definition) is 0. The van der Waals surface area contributed by atoms with E-state index in [0.29, 0.717) is 5.52 Å². The molecule has 0 aliphatic carbocycles. The highest BCUT2D eigenvalue weighted by molar-refractivity contribution is 5.43. The molecule has 0 radical (unpaired) electrons. The van der Waals surface area contributed by atoms with Gasteiger partial charge in [0.15, 0.2) is 0 Å². The van der Waals surface area contributed by atoms with Crippen LogP contribution in [-0.2, 0) is 0 Å². The zero-order valence-electron chi connectivity index (χ0n) is 5.77. The summed E-state index contributed by atoms with van der Waals surface area (Å²) in [4.78, 5) is 14.8. The van der Waals surface area contributed by atoms with Gasteiger partial charge in [-0.15, -0.1) is 0 Å². The smallest absolute Gasteiger partial charge is 0.293 e. The maximum atomic E-state index is 11.1. The van der Waals surface area contributed by atoms with Crippen LogP contribution in [0.4, 0.5) is 0 Å². The third-order valence-corrected chi connectivity index (χ3v) is 1.52. The van der Waals surface area contributed by atoms with Crippen LogP contribution in [0.3, 0.4) is 0 Å². The van der Waals surface area contributed by atoms with Crippen LogP contribution in [0, 0.1) is 0 Å². The van der Waals surface area contributed by atoms with Gasteiger partial charge in [-0.3, -0.25) is 4.79 Å². The van der Waals surface area contributed by atoms with Gasteiger partial charge in [0, 0.05) is 18.6 Å². The first-order valence-electron chi connectivity index (χ1n) is 3.30. The molecule has 0 aliphatic rings. The van der Waals surface area contributed by atoms with Crippen molar-refractivity contribution in [3.05, 3.63) is 47.1 Å². The van der Waals surface area contributed by atoms with Crippen LogP contribution in [0.25, 0.3) is 5.52 Å². The lowest BCUT2D eigenvalue weighted by Gasteiger charge is -1.80. The Kier molecular flexibility index (Phi) is 1.22. The van der Waals surface area contributed by atoms with E-state index in [-0.39, 0.29) is 5.56 Å². The van der Waals surface area contributed by atoms with E-state index in [9.17, 15) is 4.79 Å². The molecule has 2 aromatic heterocycles. The standard InChI is InChI=1S/C8H6N2O/c11-8-7-3-1-5-10(7)6-2-4-9-8/h1-6H. The third-order valence-electron chi connectivity index (χ3n) is 1.52. The summed E-state index contributed by atoms with van der Waals surface area (Å²) in [6, 6.07) is 5.29. The third kappa shape index (κ3) is 0.902. The second-order valence-electron chi connectivity index (χ2n) is 2.23. The number of rotatable bonds is 0. The van der Waals surface area contributed by atoms with Crippen LogP contribution in [0.1, 0.15) is 0 Å². The van der Waals surface area contributed by atoms with Crippen LogP contribution < -0.4 is 5.56 Å². The van der Waals surface area contributed by atoms with Gasteiger partial charge in [0.2, 0.25) is 0 Å². The van der Waals surface area contributed by atoms with Crippen LogP contribution >= 0.6 is 0 Å². The van der Waals surface area contributed by atoms with Crippen molar-refractivity contribution >= 4 is 5.52 Å². The van der Waals surface area contributed by atoms with Crippen molar-refractivity contribution in [3.8, 4) is 0 Å². The molecule has 2 heterocycles. The summed E-state index contributed by atoms with van der Waals surface area (Å²) in [5.41, 5.74) is 0.412. The molecule has 0 N–H and O–H groups in total. The van der Waals surface area contributed by atoms with E-state index in [1.807, 2.05) is 12.3 Å². The van der Waals surface area contributed by atoms with Crippen LogP contribution in [0.15, 0.2) is 41.6 Å². The lowest BCUT2D eigenvalue weighted by Crippen LogP contribution is -2.01. The highest BCUT2D eigenvalue weighted by Crippen LogP contribution is 1.93. The van der Waals surface area contributed by atoms with Crippen molar-refractivity contribution in [2.24, 2.45) is 0 Å². The van der Waals surface area contributed by atoms with Crippen molar-refractivity contribution in [1.82, 2.24) is 9.38 Å². The van der Waals surface area contributed by atoms with Crippen LogP contribution in [-0.4, -0.2) is 9.38 Å². The average molecular weight is 146 g/mol. The molecule has 0 bridgehead atoms. The normalized spacial score (nSPS) is 10.2. The van der Waals surface area contributed by atoms with Gasteiger partial charge in [0.05, 0.1) is 0 Å². The summed E-state index contributed by atoms with van der Waals surface area (Å²) < 4.78 is 1.75. The molecular formula is C8H6N2O. The number of hydrogen-bond acceptors (Lipinski definition) is 2. The summed E-state index contributed by atoms with van der Waals surface area (Å²) in [6.45, 7) is 0. The Bertz CT molecular complexity index is 433. The van der Waals surface area contributed by atoms with Crippen LogP contribution in [0.2, 0.25) is 0 Å². The Morgan fingerprint density at radius 1 is 1.27 bits per heavy atom. The summed E-state index contributed by atoms with van der Waals surface area (Å²) in [5, 5.41) is 0. The maximum absolute atomic E-state index is 11.1. The zero-order valence-corrected chi connectivity index (χ0v) is 5.77. The average Bonchev–Trinajstić information content (AvgIpc) is 2.40. The Balaban J connectivity index is 3.09. The molecule has 0 amide bonds. The van der Waals surface area contributed by atoms with E-state index in [1.54, 1.807) is 22.7 Å². The fourth-order valence-corrected chi connectivity index (χ4v) is 1.01. The minimum atomic E-state index is -0.194. The first-order chi connectivity index (χ1) is 5.38. The van der Waals surface area contributed by atoms with Crippen LogP contribution in [0.5, 0.6) is 0 Å². The molecule has 0 aliphatic heterocycles. The lowest BCUT2D eigenvalue weighted by atomic mass is 10.5. The molecule has 0 spiro atoms. The Hall–Kier alpha value is -1.64.